The monoisotopic (exact) mass is 382 g/mol. The number of esters is 1. The lowest BCUT2D eigenvalue weighted by Crippen LogP contribution is -2.36. The molecule has 0 aliphatic heterocycles. The number of likely N-dealkylation sites (N-methyl/N-ethyl adjacent to an activating group) is 1. The maximum absolute atomic E-state index is 12.3. The van der Waals surface area contributed by atoms with E-state index in [1.54, 1.807) is 43.1 Å². The van der Waals surface area contributed by atoms with Gasteiger partial charge in [0, 0.05) is 18.7 Å². The third kappa shape index (κ3) is 6.23. The van der Waals surface area contributed by atoms with E-state index in [-0.39, 0.29) is 30.9 Å². The van der Waals surface area contributed by atoms with Gasteiger partial charge in [0.25, 0.3) is 11.8 Å². The van der Waals surface area contributed by atoms with E-state index in [1.165, 1.54) is 0 Å². The van der Waals surface area contributed by atoms with Crippen LogP contribution < -0.4 is 5.32 Å². The van der Waals surface area contributed by atoms with Crippen LogP contribution in [0.1, 0.15) is 42.2 Å². The summed E-state index contributed by atoms with van der Waals surface area (Å²) in [5, 5.41) is 2.74. The van der Waals surface area contributed by atoms with Crippen LogP contribution in [0.3, 0.4) is 0 Å². The lowest BCUT2D eigenvalue weighted by atomic mass is 10.1. The summed E-state index contributed by atoms with van der Waals surface area (Å²) in [4.78, 5) is 37.9. The molecule has 28 heavy (non-hydrogen) atoms. The van der Waals surface area contributed by atoms with E-state index in [0.29, 0.717) is 5.56 Å². The van der Waals surface area contributed by atoms with Crippen LogP contribution in [0.2, 0.25) is 0 Å². The lowest BCUT2D eigenvalue weighted by Gasteiger charge is -2.25. The first-order valence-electron chi connectivity index (χ1n) is 9.20. The van der Waals surface area contributed by atoms with Gasteiger partial charge in [0.05, 0.1) is 12.5 Å². The van der Waals surface area contributed by atoms with Crippen LogP contribution >= 0.6 is 0 Å². The fraction of sp³-hybridized carbons (Fsp3) is 0.318. The molecular weight excluding hydrogens is 356 g/mol. The Bertz CT molecular complexity index is 793. The Labute approximate surface area is 165 Å². The number of nitrogens with zero attached hydrogens (tertiary/aromatic N) is 1. The molecule has 0 saturated carbocycles. The fourth-order valence-corrected chi connectivity index (χ4v) is 2.67. The quantitative estimate of drug-likeness (QED) is 0.712. The topological polar surface area (TPSA) is 75.7 Å². The van der Waals surface area contributed by atoms with E-state index in [0.717, 1.165) is 5.56 Å². The van der Waals surface area contributed by atoms with Crippen LogP contribution in [0, 0.1) is 0 Å². The number of amides is 2. The minimum absolute atomic E-state index is 0.0101. The molecule has 2 amide bonds. The fourth-order valence-electron chi connectivity index (χ4n) is 2.67. The van der Waals surface area contributed by atoms with Crippen molar-refractivity contribution in [3.05, 3.63) is 71.8 Å². The van der Waals surface area contributed by atoms with Gasteiger partial charge in [0.2, 0.25) is 0 Å². The summed E-state index contributed by atoms with van der Waals surface area (Å²) < 4.78 is 5.09. The van der Waals surface area contributed by atoms with Crippen LogP contribution in [-0.2, 0) is 14.3 Å². The molecule has 0 saturated heterocycles. The van der Waals surface area contributed by atoms with Gasteiger partial charge in [-0.3, -0.25) is 14.4 Å². The Kier molecular flexibility index (Phi) is 7.75. The van der Waals surface area contributed by atoms with Crippen molar-refractivity contribution < 1.29 is 19.1 Å². The highest BCUT2D eigenvalue weighted by Gasteiger charge is 2.20. The molecule has 0 aromatic heterocycles. The molecule has 0 heterocycles. The minimum atomic E-state index is -0.532. The summed E-state index contributed by atoms with van der Waals surface area (Å²) in [5.74, 6) is -1.07. The van der Waals surface area contributed by atoms with Crippen LogP contribution in [0.15, 0.2) is 60.7 Å². The Morgan fingerprint density at radius 2 is 1.54 bits per heavy atom. The molecule has 2 atom stereocenters. The Morgan fingerprint density at radius 1 is 0.964 bits per heavy atom. The largest absolute Gasteiger partial charge is 0.456 e. The van der Waals surface area contributed by atoms with E-state index in [2.05, 4.69) is 5.32 Å². The highest BCUT2D eigenvalue weighted by atomic mass is 16.5. The molecular formula is C22H26N2O4. The predicted molar refractivity (Wildman–Crippen MR) is 107 cm³/mol. The van der Waals surface area contributed by atoms with Gasteiger partial charge >= 0.3 is 5.97 Å². The van der Waals surface area contributed by atoms with E-state index in [4.69, 9.17) is 4.74 Å². The zero-order chi connectivity index (χ0) is 20.5. The molecule has 0 aliphatic carbocycles. The van der Waals surface area contributed by atoms with E-state index in [1.807, 2.05) is 43.3 Å². The molecule has 1 N–H and O–H groups in total. The number of hydrogen-bond donors (Lipinski definition) is 1. The first-order valence-corrected chi connectivity index (χ1v) is 9.20. The normalized spacial score (nSPS) is 12.5. The van der Waals surface area contributed by atoms with E-state index >= 15 is 0 Å². The molecule has 0 aliphatic rings. The van der Waals surface area contributed by atoms with Crippen LogP contribution in [0.5, 0.6) is 0 Å². The van der Waals surface area contributed by atoms with Crippen molar-refractivity contribution in [3.63, 3.8) is 0 Å². The molecule has 2 rings (SSSR count). The molecule has 2 aromatic rings. The molecule has 2 unspecified atom stereocenters. The van der Waals surface area contributed by atoms with Gasteiger partial charge in [0.15, 0.2) is 6.61 Å². The third-order valence-corrected chi connectivity index (χ3v) is 4.50. The Balaban J connectivity index is 1.76. The summed E-state index contributed by atoms with van der Waals surface area (Å²) in [5.41, 5.74) is 1.52. The average molecular weight is 382 g/mol. The number of hydrogen-bond acceptors (Lipinski definition) is 4. The van der Waals surface area contributed by atoms with Crippen LogP contribution in [0.25, 0.3) is 0 Å². The summed E-state index contributed by atoms with van der Waals surface area (Å²) >= 11 is 0. The number of benzene rings is 2. The minimum Gasteiger partial charge on any atom is -0.456 e. The first kappa shape index (κ1) is 21.2. The second-order valence-electron chi connectivity index (χ2n) is 6.70. The maximum Gasteiger partial charge on any atom is 0.308 e. The summed E-state index contributed by atoms with van der Waals surface area (Å²) in [6.07, 6.45) is -0.0101. The number of rotatable bonds is 8. The Hall–Kier alpha value is -3.15. The predicted octanol–water partition coefficient (Wildman–Crippen LogP) is 2.96. The third-order valence-electron chi connectivity index (χ3n) is 4.50. The van der Waals surface area contributed by atoms with Gasteiger partial charge < -0.3 is 15.0 Å². The SMILES string of the molecule is CC(CC(=O)OCC(=O)N(C)C(C)c1ccccc1)NC(=O)c1ccccc1. The number of ether oxygens (including phenoxy) is 1. The number of carbonyl (C=O) groups is 3. The van der Waals surface area contributed by atoms with Gasteiger partial charge in [-0.25, -0.2) is 0 Å². The lowest BCUT2D eigenvalue weighted by molar-refractivity contribution is -0.152. The second kappa shape index (κ2) is 10.3. The molecule has 0 bridgehead atoms. The number of carbonyl (C=O) groups excluding carboxylic acids is 3. The standard InChI is InChI=1S/C22H26N2O4/c1-16(23-22(27)19-12-8-5-9-13-19)14-21(26)28-15-20(25)24(3)17(2)18-10-6-4-7-11-18/h4-13,16-17H,14-15H2,1-3H3,(H,23,27). The van der Waals surface area contributed by atoms with Gasteiger partial charge in [-0.05, 0) is 31.5 Å². The average Bonchev–Trinajstić information content (AvgIpc) is 2.72. The molecule has 6 heteroatoms. The van der Waals surface area contributed by atoms with Gasteiger partial charge in [-0.1, -0.05) is 48.5 Å². The van der Waals surface area contributed by atoms with Crippen LogP contribution in [-0.4, -0.2) is 42.4 Å². The van der Waals surface area contributed by atoms with Crippen molar-refractivity contribution in [1.29, 1.82) is 0 Å². The van der Waals surface area contributed by atoms with Gasteiger partial charge in [0.1, 0.15) is 0 Å². The zero-order valence-electron chi connectivity index (χ0n) is 16.4. The van der Waals surface area contributed by atoms with Crippen LogP contribution in [0.4, 0.5) is 0 Å². The first-order chi connectivity index (χ1) is 13.4. The zero-order valence-corrected chi connectivity index (χ0v) is 16.4. The highest BCUT2D eigenvalue weighted by Crippen LogP contribution is 2.18. The van der Waals surface area contributed by atoms with Crippen molar-refractivity contribution >= 4 is 17.8 Å². The summed E-state index contributed by atoms with van der Waals surface area (Å²) in [7, 11) is 1.68. The maximum atomic E-state index is 12.3. The molecule has 0 spiro atoms. The second-order valence-corrected chi connectivity index (χ2v) is 6.70. The highest BCUT2D eigenvalue weighted by molar-refractivity contribution is 5.94. The molecule has 148 valence electrons. The van der Waals surface area contributed by atoms with Crippen molar-refractivity contribution in [2.24, 2.45) is 0 Å². The molecule has 0 radical (unpaired) electrons. The summed E-state index contributed by atoms with van der Waals surface area (Å²) in [6, 6.07) is 17.8. The Morgan fingerprint density at radius 3 is 2.14 bits per heavy atom. The summed E-state index contributed by atoms with van der Waals surface area (Å²) in [6.45, 7) is 3.30. The van der Waals surface area contributed by atoms with E-state index in [9.17, 15) is 14.4 Å². The molecule has 2 aromatic carbocycles. The molecule has 6 nitrogen and oxygen atoms in total. The smallest absolute Gasteiger partial charge is 0.308 e. The van der Waals surface area contributed by atoms with Crippen molar-refractivity contribution in [3.8, 4) is 0 Å². The van der Waals surface area contributed by atoms with Gasteiger partial charge in [-0.15, -0.1) is 0 Å². The van der Waals surface area contributed by atoms with Crippen molar-refractivity contribution in [2.75, 3.05) is 13.7 Å². The van der Waals surface area contributed by atoms with E-state index < -0.39 is 12.0 Å². The molecule has 0 fully saturated rings. The van der Waals surface area contributed by atoms with Crippen molar-refractivity contribution in [1.82, 2.24) is 10.2 Å². The van der Waals surface area contributed by atoms with Gasteiger partial charge in [-0.2, -0.15) is 0 Å². The van der Waals surface area contributed by atoms with Crippen molar-refractivity contribution in [2.45, 2.75) is 32.4 Å². The number of nitrogens with one attached hydrogen (secondary N) is 1.